The molecule has 0 spiro atoms. The zero-order chi connectivity index (χ0) is 9.52. The van der Waals surface area contributed by atoms with E-state index in [-0.39, 0.29) is 0 Å². The quantitative estimate of drug-likeness (QED) is 0.634. The second kappa shape index (κ2) is 5.80. The van der Waals surface area contributed by atoms with Crippen molar-refractivity contribution in [2.24, 2.45) is 0 Å². The number of unbranched alkanes of at least 4 members (excludes halogenated alkanes) is 1. The summed E-state index contributed by atoms with van der Waals surface area (Å²) in [5, 5.41) is 0. The van der Waals surface area contributed by atoms with Gasteiger partial charge in [-0.1, -0.05) is 44.5 Å². The second-order valence-corrected chi connectivity index (χ2v) is 3.41. The van der Waals surface area contributed by atoms with Crippen molar-refractivity contribution in [3.63, 3.8) is 0 Å². The monoisotopic (exact) mass is 175 g/mol. The molecule has 0 saturated heterocycles. The van der Waals surface area contributed by atoms with Crippen molar-refractivity contribution in [3.8, 4) is 0 Å². The molecule has 1 aromatic carbocycles. The largest absolute Gasteiger partial charge is 0.0654 e. The van der Waals surface area contributed by atoms with Crippen molar-refractivity contribution in [1.29, 1.82) is 0 Å². The molecule has 0 heteroatoms. The van der Waals surface area contributed by atoms with Crippen LogP contribution in [0, 0.1) is 6.42 Å². The molecule has 71 valence electrons. The van der Waals surface area contributed by atoms with Gasteiger partial charge in [0.05, 0.1) is 0 Å². The van der Waals surface area contributed by atoms with Crippen LogP contribution < -0.4 is 0 Å². The number of hydrogen-bond acceptors (Lipinski definition) is 0. The van der Waals surface area contributed by atoms with Gasteiger partial charge in [0.1, 0.15) is 0 Å². The van der Waals surface area contributed by atoms with Gasteiger partial charge >= 0.3 is 0 Å². The lowest BCUT2D eigenvalue weighted by atomic mass is 9.99. The van der Waals surface area contributed by atoms with E-state index >= 15 is 0 Å². The average Bonchev–Trinajstić information content (AvgIpc) is 2.17. The highest BCUT2D eigenvalue weighted by Gasteiger charge is 1.99. The van der Waals surface area contributed by atoms with Gasteiger partial charge in [-0.05, 0) is 36.8 Å². The normalized spacial score (nSPS) is 10.3. The van der Waals surface area contributed by atoms with Crippen molar-refractivity contribution < 1.29 is 0 Å². The van der Waals surface area contributed by atoms with E-state index in [1.54, 1.807) is 0 Å². The topological polar surface area (TPSA) is 0 Å². The van der Waals surface area contributed by atoms with Gasteiger partial charge in [-0.25, -0.2) is 0 Å². The van der Waals surface area contributed by atoms with E-state index in [1.807, 2.05) is 0 Å². The van der Waals surface area contributed by atoms with Gasteiger partial charge in [-0.2, -0.15) is 0 Å². The van der Waals surface area contributed by atoms with Crippen molar-refractivity contribution in [2.75, 3.05) is 0 Å². The van der Waals surface area contributed by atoms with Gasteiger partial charge < -0.3 is 0 Å². The van der Waals surface area contributed by atoms with Gasteiger partial charge in [0.25, 0.3) is 0 Å². The molecule has 0 fully saturated rings. The fourth-order valence-corrected chi connectivity index (χ4v) is 1.55. The van der Waals surface area contributed by atoms with Crippen LogP contribution >= 0.6 is 0 Å². The molecular weight excluding hydrogens is 156 g/mol. The molecule has 0 aromatic heterocycles. The van der Waals surface area contributed by atoms with Crippen LogP contribution in [0.3, 0.4) is 0 Å². The number of aryl methyl sites for hydroxylation is 1. The van der Waals surface area contributed by atoms with E-state index < -0.39 is 0 Å². The summed E-state index contributed by atoms with van der Waals surface area (Å²) in [7, 11) is 0. The zero-order valence-electron chi connectivity index (χ0n) is 8.72. The third kappa shape index (κ3) is 3.22. The fraction of sp³-hybridized carbons (Fsp3) is 0.462. The molecule has 0 heterocycles. The summed E-state index contributed by atoms with van der Waals surface area (Å²) in [4.78, 5) is 0. The molecule has 0 aliphatic rings. The Hall–Kier alpha value is -0.780. The minimum absolute atomic E-state index is 1.13. The molecule has 0 bridgehead atoms. The SMILES string of the molecule is CC[CH]c1ccccc1CCCC. The Morgan fingerprint density at radius 3 is 2.62 bits per heavy atom. The first kappa shape index (κ1) is 10.3. The lowest BCUT2D eigenvalue weighted by Crippen LogP contribution is -1.91. The van der Waals surface area contributed by atoms with Gasteiger partial charge in [0.2, 0.25) is 0 Å². The molecule has 13 heavy (non-hydrogen) atoms. The third-order valence-electron chi connectivity index (χ3n) is 2.28. The molecule has 1 aromatic rings. The molecule has 0 aliphatic carbocycles. The van der Waals surface area contributed by atoms with E-state index in [0.717, 1.165) is 6.42 Å². The van der Waals surface area contributed by atoms with E-state index in [1.165, 1.54) is 30.4 Å². The summed E-state index contributed by atoms with van der Waals surface area (Å²) in [6.07, 6.45) is 7.24. The Labute approximate surface area is 82.0 Å². The maximum Gasteiger partial charge on any atom is -0.00930 e. The Kier molecular flexibility index (Phi) is 4.59. The molecule has 1 rings (SSSR count). The number of hydrogen-bond donors (Lipinski definition) is 0. The van der Waals surface area contributed by atoms with Crippen LogP contribution in [0.5, 0.6) is 0 Å². The van der Waals surface area contributed by atoms with Crippen LogP contribution in [0.2, 0.25) is 0 Å². The van der Waals surface area contributed by atoms with Crippen LogP contribution in [-0.4, -0.2) is 0 Å². The first-order valence-corrected chi connectivity index (χ1v) is 5.29. The third-order valence-corrected chi connectivity index (χ3v) is 2.28. The van der Waals surface area contributed by atoms with Crippen molar-refractivity contribution in [1.82, 2.24) is 0 Å². The summed E-state index contributed by atoms with van der Waals surface area (Å²) < 4.78 is 0. The van der Waals surface area contributed by atoms with Gasteiger partial charge in [-0.15, -0.1) is 0 Å². The van der Waals surface area contributed by atoms with Crippen LogP contribution in [0.25, 0.3) is 0 Å². The Balaban J connectivity index is 2.66. The molecule has 0 nitrogen and oxygen atoms in total. The minimum Gasteiger partial charge on any atom is -0.0654 e. The fourth-order valence-electron chi connectivity index (χ4n) is 1.55. The molecule has 0 unspecified atom stereocenters. The Morgan fingerprint density at radius 2 is 1.92 bits per heavy atom. The Morgan fingerprint density at radius 1 is 1.15 bits per heavy atom. The predicted octanol–water partition coefficient (Wildman–Crippen LogP) is 3.99. The highest BCUT2D eigenvalue weighted by atomic mass is 14.0. The summed E-state index contributed by atoms with van der Waals surface area (Å²) in [5.74, 6) is 0. The maximum absolute atomic E-state index is 2.31. The molecule has 1 radical (unpaired) electrons. The summed E-state index contributed by atoms with van der Waals surface area (Å²) in [5.41, 5.74) is 2.93. The highest BCUT2D eigenvalue weighted by Crippen LogP contribution is 2.14. The predicted molar refractivity (Wildman–Crippen MR) is 58.7 cm³/mol. The van der Waals surface area contributed by atoms with E-state index in [0.29, 0.717) is 0 Å². The highest BCUT2D eigenvalue weighted by molar-refractivity contribution is 5.32. The van der Waals surface area contributed by atoms with Gasteiger partial charge in [-0.3, -0.25) is 0 Å². The summed E-state index contributed by atoms with van der Waals surface area (Å²) in [6.45, 7) is 4.43. The first-order chi connectivity index (χ1) is 6.38. The molecule has 0 atom stereocenters. The van der Waals surface area contributed by atoms with Gasteiger partial charge in [0.15, 0.2) is 0 Å². The minimum atomic E-state index is 1.13. The summed E-state index contributed by atoms with van der Waals surface area (Å²) >= 11 is 0. The van der Waals surface area contributed by atoms with E-state index in [4.69, 9.17) is 0 Å². The molecule has 0 aliphatic heterocycles. The van der Waals surface area contributed by atoms with Crippen molar-refractivity contribution >= 4 is 0 Å². The van der Waals surface area contributed by atoms with Crippen molar-refractivity contribution in [2.45, 2.75) is 39.5 Å². The Bertz CT molecular complexity index is 238. The van der Waals surface area contributed by atoms with Crippen LogP contribution in [-0.2, 0) is 6.42 Å². The van der Waals surface area contributed by atoms with Crippen LogP contribution in [0.1, 0.15) is 44.2 Å². The number of rotatable bonds is 5. The molecule has 0 saturated carbocycles. The molecular formula is C13H19. The van der Waals surface area contributed by atoms with Crippen molar-refractivity contribution in [3.05, 3.63) is 41.8 Å². The maximum atomic E-state index is 2.31. The average molecular weight is 175 g/mol. The summed E-state index contributed by atoms with van der Waals surface area (Å²) in [6, 6.07) is 8.72. The standard InChI is InChI=1S/C13H19/c1-3-5-9-13-11-7-6-10-12(13)8-4-2/h6-8,10-11H,3-5,9H2,1-2H3. The van der Waals surface area contributed by atoms with Gasteiger partial charge in [0, 0.05) is 0 Å². The van der Waals surface area contributed by atoms with Crippen LogP contribution in [0.4, 0.5) is 0 Å². The smallest absolute Gasteiger partial charge is 0.00930 e. The lowest BCUT2D eigenvalue weighted by molar-refractivity contribution is 0.791. The van der Waals surface area contributed by atoms with E-state index in [9.17, 15) is 0 Å². The van der Waals surface area contributed by atoms with E-state index in [2.05, 4.69) is 44.5 Å². The molecule has 0 amide bonds. The zero-order valence-corrected chi connectivity index (χ0v) is 8.72. The number of benzene rings is 1. The lowest BCUT2D eigenvalue weighted by Gasteiger charge is -2.06. The first-order valence-electron chi connectivity index (χ1n) is 5.29. The van der Waals surface area contributed by atoms with Crippen LogP contribution in [0.15, 0.2) is 24.3 Å². The molecule has 0 N–H and O–H groups in total. The second-order valence-electron chi connectivity index (χ2n) is 3.41.